The number of amides is 1. The van der Waals surface area contributed by atoms with Crippen molar-refractivity contribution < 1.29 is 4.79 Å². The van der Waals surface area contributed by atoms with Crippen LogP contribution in [0.4, 0.5) is 5.69 Å². The number of carbonyl (C=O) groups excluding carboxylic acids is 1. The molecule has 0 spiro atoms. The van der Waals surface area contributed by atoms with Gasteiger partial charge in [-0.25, -0.2) is 0 Å². The fraction of sp³-hybridized carbons (Fsp3) is 0.714. The van der Waals surface area contributed by atoms with Crippen molar-refractivity contribution >= 4 is 11.6 Å². The normalized spacial score (nSPS) is 18.3. The topological polar surface area (TPSA) is 72.9 Å². The number of aryl methyl sites for hydroxylation is 2. The van der Waals surface area contributed by atoms with E-state index in [0.717, 1.165) is 18.5 Å². The van der Waals surface area contributed by atoms with Gasteiger partial charge in [0.1, 0.15) is 5.69 Å². The Kier molecular flexibility index (Phi) is 3.83. The van der Waals surface area contributed by atoms with Crippen LogP contribution in [0.1, 0.15) is 62.1 Å². The van der Waals surface area contributed by atoms with Crippen molar-refractivity contribution in [1.82, 2.24) is 15.1 Å². The summed E-state index contributed by atoms with van der Waals surface area (Å²) in [6.07, 6.45) is 5.70. The van der Waals surface area contributed by atoms with Crippen LogP contribution in [-0.4, -0.2) is 21.2 Å². The molecule has 0 radical (unpaired) electrons. The number of anilines is 1. The van der Waals surface area contributed by atoms with Crippen LogP contribution in [-0.2, 0) is 6.54 Å². The third-order valence-corrected chi connectivity index (χ3v) is 4.06. The lowest BCUT2D eigenvalue weighted by Crippen LogP contribution is -2.47. The zero-order chi connectivity index (χ0) is 14.0. The molecule has 0 atom stereocenters. The van der Waals surface area contributed by atoms with Gasteiger partial charge in [0, 0.05) is 12.1 Å². The summed E-state index contributed by atoms with van der Waals surface area (Å²) in [7, 11) is 0. The predicted molar refractivity (Wildman–Crippen MR) is 76.0 cm³/mol. The van der Waals surface area contributed by atoms with Crippen LogP contribution in [0, 0.1) is 6.92 Å². The van der Waals surface area contributed by atoms with Gasteiger partial charge in [-0.3, -0.25) is 9.48 Å². The zero-order valence-electron chi connectivity index (χ0n) is 12.1. The van der Waals surface area contributed by atoms with Crippen LogP contribution in [0.25, 0.3) is 0 Å². The number of rotatable bonds is 3. The summed E-state index contributed by atoms with van der Waals surface area (Å²) in [4.78, 5) is 12.5. The molecule has 1 fully saturated rings. The van der Waals surface area contributed by atoms with Crippen LogP contribution in [0.2, 0.25) is 0 Å². The van der Waals surface area contributed by atoms with Crippen LogP contribution in [0.3, 0.4) is 0 Å². The minimum atomic E-state index is -0.0987. The van der Waals surface area contributed by atoms with Crippen LogP contribution >= 0.6 is 0 Å². The van der Waals surface area contributed by atoms with Crippen molar-refractivity contribution in [1.29, 1.82) is 0 Å². The third-order valence-electron chi connectivity index (χ3n) is 4.06. The number of nitrogens with zero attached hydrogens (tertiary/aromatic N) is 2. The lowest BCUT2D eigenvalue weighted by molar-refractivity contribution is 0.0872. The van der Waals surface area contributed by atoms with Crippen LogP contribution in [0.5, 0.6) is 0 Å². The molecule has 0 bridgehead atoms. The molecule has 0 aromatic carbocycles. The standard InChI is InChI=1S/C14H24N4O/c1-4-18-12(11(15)10(2)17-18)13(19)16-14(3)8-6-5-7-9-14/h4-9,15H2,1-3H3,(H,16,19). The molecule has 1 heterocycles. The number of carbonyl (C=O) groups is 1. The van der Waals surface area contributed by atoms with E-state index in [-0.39, 0.29) is 11.4 Å². The highest BCUT2D eigenvalue weighted by Gasteiger charge is 2.30. The maximum absolute atomic E-state index is 12.5. The van der Waals surface area contributed by atoms with Crippen molar-refractivity contribution in [3.8, 4) is 0 Å². The monoisotopic (exact) mass is 264 g/mol. The average Bonchev–Trinajstić information content (AvgIpc) is 2.65. The molecule has 1 saturated carbocycles. The summed E-state index contributed by atoms with van der Waals surface area (Å²) in [5.74, 6) is -0.0932. The quantitative estimate of drug-likeness (QED) is 0.879. The molecular formula is C14H24N4O. The second-order valence-electron chi connectivity index (χ2n) is 5.74. The molecular weight excluding hydrogens is 240 g/mol. The lowest BCUT2D eigenvalue weighted by Gasteiger charge is -2.34. The zero-order valence-corrected chi connectivity index (χ0v) is 12.1. The summed E-state index contributed by atoms with van der Waals surface area (Å²) < 4.78 is 1.69. The fourth-order valence-electron chi connectivity index (χ4n) is 2.85. The number of nitrogens with one attached hydrogen (secondary N) is 1. The number of hydrogen-bond acceptors (Lipinski definition) is 3. The molecule has 1 aromatic rings. The Bertz CT molecular complexity index is 472. The Morgan fingerprint density at radius 1 is 1.42 bits per heavy atom. The maximum Gasteiger partial charge on any atom is 0.272 e. The largest absolute Gasteiger partial charge is 0.395 e. The van der Waals surface area contributed by atoms with Gasteiger partial charge in [-0.2, -0.15) is 5.10 Å². The molecule has 2 rings (SSSR count). The number of nitrogen functional groups attached to an aromatic ring is 1. The maximum atomic E-state index is 12.5. The Morgan fingerprint density at radius 2 is 2.05 bits per heavy atom. The molecule has 1 aliphatic carbocycles. The highest BCUT2D eigenvalue weighted by atomic mass is 16.2. The van der Waals surface area contributed by atoms with Crippen molar-refractivity contribution in [3.05, 3.63) is 11.4 Å². The van der Waals surface area contributed by atoms with Crippen molar-refractivity contribution in [2.45, 2.75) is 65.0 Å². The first kappa shape index (κ1) is 13.9. The third kappa shape index (κ3) is 2.74. The number of nitrogens with two attached hydrogens (primary N) is 1. The lowest BCUT2D eigenvalue weighted by atomic mass is 9.83. The molecule has 5 heteroatoms. The summed E-state index contributed by atoms with van der Waals surface area (Å²) in [6, 6.07) is 0. The van der Waals surface area contributed by atoms with E-state index >= 15 is 0 Å². The van der Waals surface area contributed by atoms with Crippen LogP contribution in [0.15, 0.2) is 0 Å². The van der Waals surface area contributed by atoms with E-state index in [1.165, 1.54) is 19.3 Å². The predicted octanol–water partition coefficient (Wildman–Crippen LogP) is 2.25. The Hall–Kier alpha value is -1.52. The average molecular weight is 264 g/mol. The van der Waals surface area contributed by atoms with Crippen LogP contribution < -0.4 is 11.1 Å². The van der Waals surface area contributed by atoms with Gasteiger partial charge in [0.05, 0.1) is 11.4 Å². The van der Waals surface area contributed by atoms with E-state index in [4.69, 9.17) is 5.73 Å². The van der Waals surface area contributed by atoms with Crippen molar-refractivity contribution in [3.63, 3.8) is 0 Å². The van der Waals surface area contributed by atoms with Gasteiger partial charge in [-0.1, -0.05) is 19.3 Å². The fourth-order valence-corrected chi connectivity index (χ4v) is 2.85. The summed E-state index contributed by atoms with van der Waals surface area (Å²) >= 11 is 0. The molecule has 106 valence electrons. The number of hydrogen-bond donors (Lipinski definition) is 2. The van der Waals surface area contributed by atoms with Gasteiger partial charge in [0.25, 0.3) is 5.91 Å². The molecule has 0 unspecified atom stereocenters. The minimum Gasteiger partial charge on any atom is -0.395 e. The smallest absolute Gasteiger partial charge is 0.272 e. The van der Waals surface area contributed by atoms with Gasteiger partial charge in [-0.05, 0) is 33.6 Å². The summed E-state index contributed by atoms with van der Waals surface area (Å²) in [6.45, 7) is 6.57. The van der Waals surface area contributed by atoms with Gasteiger partial charge >= 0.3 is 0 Å². The van der Waals surface area contributed by atoms with Crippen molar-refractivity contribution in [2.75, 3.05) is 5.73 Å². The highest BCUT2D eigenvalue weighted by Crippen LogP contribution is 2.28. The van der Waals surface area contributed by atoms with E-state index in [0.29, 0.717) is 17.9 Å². The SMILES string of the molecule is CCn1nc(C)c(N)c1C(=O)NC1(C)CCCCC1. The highest BCUT2D eigenvalue weighted by molar-refractivity contribution is 5.98. The van der Waals surface area contributed by atoms with E-state index in [9.17, 15) is 4.79 Å². The van der Waals surface area contributed by atoms with E-state index < -0.39 is 0 Å². The Labute approximate surface area is 114 Å². The van der Waals surface area contributed by atoms with E-state index in [1.807, 2.05) is 13.8 Å². The molecule has 3 N–H and O–H groups in total. The van der Waals surface area contributed by atoms with Crippen molar-refractivity contribution in [2.24, 2.45) is 0 Å². The molecule has 1 amide bonds. The summed E-state index contributed by atoms with van der Waals surface area (Å²) in [5, 5.41) is 7.46. The molecule has 19 heavy (non-hydrogen) atoms. The van der Waals surface area contributed by atoms with Gasteiger partial charge in [-0.15, -0.1) is 0 Å². The first-order chi connectivity index (χ1) is 8.97. The first-order valence-electron chi connectivity index (χ1n) is 7.12. The minimum absolute atomic E-state index is 0.0932. The molecule has 5 nitrogen and oxygen atoms in total. The molecule has 1 aliphatic rings. The summed E-state index contributed by atoms with van der Waals surface area (Å²) in [5.41, 5.74) is 7.61. The Morgan fingerprint density at radius 3 is 2.63 bits per heavy atom. The Balaban J connectivity index is 2.20. The van der Waals surface area contributed by atoms with Gasteiger partial charge in [0.2, 0.25) is 0 Å². The second kappa shape index (κ2) is 5.23. The first-order valence-corrected chi connectivity index (χ1v) is 7.12. The van der Waals surface area contributed by atoms with Gasteiger partial charge in [0.15, 0.2) is 0 Å². The second-order valence-corrected chi connectivity index (χ2v) is 5.74. The molecule has 1 aromatic heterocycles. The van der Waals surface area contributed by atoms with Gasteiger partial charge < -0.3 is 11.1 Å². The van der Waals surface area contributed by atoms with E-state index in [1.54, 1.807) is 4.68 Å². The molecule has 0 aliphatic heterocycles. The van der Waals surface area contributed by atoms with E-state index in [2.05, 4.69) is 17.3 Å². The number of aromatic nitrogens is 2. The molecule has 0 saturated heterocycles.